The van der Waals surface area contributed by atoms with Crippen molar-refractivity contribution in [2.75, 3.05) is 12.8 Å². The molecule has 1 aromatic rings. The molecule has 12 heavy (non-hydrogen) atoms. The lowest BCUT2D eigenvalue weighted by Crippen LogP contribution is -1.99. The minimum Gasteiger partial charge on any atom is -0.497 e. The van der Waals surface area contributed by atoms with E-state index in [1.165, 1.54) is 0 Å². The maximum atomic E-state index is 7.38. The second-order valence-corrected chi connectivity index (χ2v) is 2.58. The van der Waals surface area contributed by atoms with E-state index in [1.54, 1.807) is 32.2 Å². The highest BCUT2D eigenvalue weighted by molar-refractivity contribution is 6.01. The van der Waals surface area contributed by atoms with Crippen molar-refractivity contribution < 1.29 is 4.74 Å². The van der Waals surface area contributed by atoms with Gasteiger partial charge >= 0.3 is 0 Å². The molecule has 0 unspecified atom stereocenters. The van der Waals surface area contributed by atoms with Crippen molar-refractivity contribution in [3.8, 4) is 5.75 Å². The van der Waals surface area contributed by atoms with Gasteiger partial charge in [0.05, 0.1) is 7.11 Å². The fourth-order valence-electron chi connectivity index (χ4n) is 1.01. The van der Waals surface area contributed by atoms with Crippen LogP contribution in [0.1, 0.15) is 12.5 Å². The van der Waals surface area contributed by atoms with E-state index in [4.69, 9.17) is 15.9 Å². The predicted molar refractivity (Wildman–Crippen MR) is 49.9 cm³/mol. The zero-order valence-corrected chi connectivity index (χ0v) is 7.22. The van der Waals surface area contributed by atoms with Crippen molar-refractivity contribution in [2.24, 2.45) is 0 Å². The fraction of sp³-hybridized carbons (Fsp3) is 0.222. The summed E-state index contributed by atoms with van der Waals surface area (Å²) in [5.74, 6) is 0.720. The number of hydrogen-bond acceptors (Lipinski definition) is 3. The standard InChI is InChI=1S/C9H12N2O/c1-6(10)8-4-3-7(12-2)5-9(8)11/h3-5,10H,11H2,1-2H3. The summed E-state index contributed by atoms with van der Waals surface area (Å²) in [6.45, 7) is 1.71. The molecule has 1 aromatic carbocycles. The molecule has 0 fully saturated rings. The monoisotopic (exact) mass is 164 g/mol. The Bertz CT molecular complexity index is 307. The highest BCUT2D eigenvalue weighted by atomic mass is 16.5. The second-order valence-electron chi connectivity index (χ2n) is 2.58. The molecule has 0 aliphatic heterocycles. The Morgan fingerprint density at radius 3 is 2.58 bits per heavy atom. The first-order valence-corrected chi connectivity index (χ1v) is 3.64. The molecule has 0 radical (unpaired) electrons. The summed E-state index contributed by atoms with van der Waals surface area (Å²) >= 11 is 0. The normalized spacial score (nSPS) is 9.50. The first kappa shape index (κ1) is 8.59. The van der Waals surface area contributed by atoms with Crippen LogP contribution in [-0.4, -0.2) is 12.8 Å². The zero-order chi connectivity index (χ0) is 9.14. The van der Waals surface area contributed by atoms with Gasteiger partial charge in [0.25, 0.3) is 0 Å². The largest absolute Gasteiger partial charge is 0.497 e. The van der Waals surface area contributed by atoms with Crippen LogP contribution in [-0.2, 0) is 0 Å². The van der Waals surface area contributed by atoms with Gasteiger partial charge in [-0.05, 0) is 19.1 Å². The smallest absolute Gasteiger partial charge is 0.120 e. The molecule has 0 atom stereocenters. The molecule has 0 saturated carbocycles. The Balaban J connectivity index is 3.12. The molecule has 0 saturated heterocycles. The number of benzene rings is 1. The van der Waals surface area contributed by atoms with Gasteiger partial charge in [-0.3, -0.25) is 0 Å². The van der Waals surface area contributed by atoms with E-state index < -0.39 is 0 Å². The molecule has 0 heterocycles. The summed E-state index contributed by atoms with van der Waals surface area (Å²) in [6, 6.07) is 5.30. The molecule has 0 aliphatic rings. The van der Waals surface area contributed by atoms with E-state index in [0.717, 1.165) is 11.3 Å². The van der Waals surface area contributed by atoms with Crippen molar-refractivity contribution in [3.63, 3.8) is 0 Å². The van der Waals surface area contributed by atoms with Crippen LogP contribution < -0.4 is 10.5 Å². The third-order valence-corrected chi connectivity index (χ3v) is 1.66. The van der Waals surface area contributed by atoms with Crippen molar-refractivity contribution in [1.82, 2.24) is 0 Å². The first-order valence-electron chi connectivity index (χ1n) is 3.64. The lowest BCUT2D eigenvalue weighted by Gasteiger charge is -2.05. The maximum absolute atomic E-state index is 7.38. The number of nitrogens with one attached hydrogen (secondary N) is 1. The number of ether oxygens (including phenoxy) is 1. The molecule has 0 spiro atoms. The Kier molecular flexibility index (Phi) is 2.33. The summed E-state index contributed by atoms with van der Waals surface area (Å²) in [5, 5.41) is 7.38. The number of methoxy groups -OCH3 is 1. The predicted octanol–water partition coefficient (Wildman–Crippen LogP) is 1.67. The van der Waals surface area contributed by atoms with E-state index in [2.05, 4.69) is 0 Å². The van der Waals surface area contributed by atoms with E-state index >= 15 is 0 Å². The molecule has 0 amide bonds. The molecule has 0 aliphatic carbocycles. The Hall–Kier alpha value is -1.51. The van der Waals surface area contributed by atoms with Crippen LogP contribution in [0.2, 0.25) is 0 Å². The van der Waals surface area contributed by atoms with E-state index in [-0.39, 0.29) is 0 Å². The van der Waals surface area contributed by atoms with Crippen LogP contribution in [0, 0.1) is 5.41 Å². The van der Waals surface area contributed by atoms with E-state index in [1.807, 2.05) is 0 Å². The third kappa shape index (κ3) is 1.56. The van der Waals surface area contributed by atoms with Gasteiger partial charge in [0, 0.05) is 23.0 Å². The minimum absolute atomic E-state index is 0.468. The quantitative estimate of drug-likeness (QED) is 0.516. The molecular formula is C9H12N2O. The van der Waals surface area contributed by atoms with Gasteiger partial charge in [0.1, 0.15) is 5.75 Å². The Morgan fingerprint density at radius 2 is 2.17 bits per heavy atom. The molecule has 3 N–H and O–H groups in total. The first-order chi connectivity index (χ1) is 5.65. The fourth-order valence-corrected chi connectivity index (χ4v) is 1.01. The Labute approximate surface area is 71.7 Å². The van der Waals surface area contributed by atoms with Crippen LogP contribution in [0.5, 0.6) is 5.75 Å². The lowest BCUT2D eigenvalue weighted by atomic mass is 10.1. The zero-order valence-electron chi connectivity index (χ0n) is 7.22. The SMILES string of the molecule is COc1ccc(C(C)=N)c(N)c1. The number of nitrogen functional groups attached to an aromatic ring is 1. The molecule has 1 rings (SSSR count). The van der Waals surface area contributed by atoms with Gasteiger partial charge in [-0.15, -0.1) is 0 Å². The number of hydrogen-bond donors (Lipinski definition) is 2. The maximum Gasteiger partial charge on any atom is 0.120 e. The van der Waals surface area contributed by atoms with Crippen molar-refractivity contribution >= 4 is 11.4 Å². The van der Waals surface area contributed by atoms with Gasteiger partial charge in [-0.2, -0.15) is 0 Å². The lowest BCUT2D eigenvalue weighted by molar-refractivity contribution is 0.415. The van der Waals surface area contributed by atoms with E-state index in [0.29, 0.717) is 11.4 Å². The van der Waals surface area contributed by atoms with Crippen molar-refractivity contribution in [1.29, 1.82) is 5.41 Å². The van der Waals surface area contributed by atoms with Gasteiger partial charge in [0.2, 0.25) is 0 Å². The third-order valence-electron chi connectivity index (χ3n) is 1.66. The number of rotatable bonds is 2. The van der Waals surface area contributed by atoms with Gasteiger partial charge in [-0.1, -0.05) is 0 Å². The topological polar surface area (TPSA) is 59.1 Å². The van der Waals surface area contributed by atoms with Crippen LogP contribution in [0.15, 0.2) is 18.2 Å². The molecule has 64 valence electrons. The molecule has 0 bridgehead atoms. The minimum atomic E-state index is 0.468. The van der Waals surface area contributed by atoms with Gasteiger partial charge in [0.15, 0.2) is 0 Å². The summed E-state index contributed by atoms with van der Waals surface area (Å²) < 4.78 is 4.98. The molecule has 3 heteroatoms. The van der Waals surface area contributed by atoms with Crippen molar-refractivity contribution in [3.05, 3.63) is 23.8 Å². The Morgan fingerprint density at radius 1 is 1.50 bits per heavy atom. The van der Waals surface area contributed by atoms with Crippen LogP contribution in [0.3, 0.4) is 0 Å². The average Bonchev–Trinajstić information content (AvgIpc) is 2.03. The van der Waals surface area contributed by atoms with E-state index in [9.17, 15) is 0 Å². The highest BCUT2D eigenvalue weighted by Gasteiger charge is 2.01. The number of nitrogens with two attached hydrogens (primary N) is 1. The van der Waals surface area contributed by atoms with Crippen LogP contribution >= 0.6 is 0 Å². The molecule has 3 nitrogen and oxygen atoms in total. The average molecular weight is 164 g/mol. The van der Waals surface area contributed by atoms with Crippen LogP contribution in [0.4, 0.5) is 5.69 Å². The number of anilines is 1. The van der Waals surface area contributed by atoms with Crippen LogP contribution in [0.25, 0.3) is 0 Å². The van der Waals surface area contributed by atoms with Gasteiger partial charge in [-0.25, -0.2) is 0 Å². The summed E-state index contributed by atoms with van der Waals surface area (Å²) in [4.78, 5) is 0. The van der Waals surface area contributed by atoms with Gasteiger partial charge < -0.3 is 15.9 Å². The summed E-state index contributed by atoms with van der Waals surface area (Å²) in [7, 11) is 1.59. The highest BCUT2D eigenvalue weighted by Crippen LogP contribution is 2.19. The summed E-state index contributed by atoms with van der Waals surface area (Å²) in [6.07, 6.45) is 0. The molecular weight excluding hydrogens is 152 g/mol. The second kappa shape index (κ2) is 3.26. The molecule has 0 aromatic heterocycles. The van der Waals surface area contributed by atoms with Crippen molar-refractivity contribution in [2.45, 2.75) is 6.92 Å². The summed E-state index contributed by atoms with van der Waals surface area (Å²) in [5.41, 5.74) is 7.49.